The van der Waals surface area contributed by atoms with Crippen LogP contribution >= 0.6 is 0 Å². The van der Waals surface area contributed by atoms with Gasteiger partial charge in [0.25, 0.3) is 0 Å². The molecule has 0 amide bonds. The van der Waals surface area contributed by atoms with Crippen molar-refractivity contribution in [2.24, 2.45) is 0 Å². The predicted molar refractivity (Wildman–Crippen MR) is 80.1 cm³/mol. The van der Waals surface area contributed by atoms with Gasteiger partial charge in [-0.2, -0.15) is 0 Å². The van der Waals surface area contributed by atoms with Crippen molar-refractivity contribution in [3.05, 3.63) is 18.2 Å². The van der Waals surface area contributed by atoms with E-state index in [-0.39, 0.29) is 23.7 Å². The van der Waals surface area contributed by atoms with Crippen LogP contribution in [0.15, 0.2) is 23.1 Å². The van der Waals surface area contributed by atoms with Crippen LogP contribution < -0.4 is 19.9 Å². The lowest BCUT2D eigenvalue weighted by Crippen LogP contribution is -2.29. The molecule has 0 heterocycles. The molecule has 0 saturated carbocycles. The summed E-state index contributed by atoms with van der Waals surface area (Å²) in [6.07, 6.45) is 1.37. The lowest BCUT2D eigenvalue weighted by Gasteiger charge is -2.09. The SMILES string of the molecule is COc1cc(S(=O)(=O)NCCCNS(C)(=O)=O)ccc1N. The highest BCUT2D eigenvalue weighted by Crippen LogP contribution is 2.24. The standard InChI is InChI=1S/C11H19N3O5S2/c1-19-11-8-9(4-5-10(11)12)21(17,18)14-7-3-6-13-20(2,15)16/h4-5,8,13-14H,3,6-7,12H2,1-2H3. The maximum absolute atomic E-state index is 12.0. The molecular weight excluding hydrogens is 318 g/mol. The first-order valence-electron chi connectivity index (χ1n) is 6.03. The molecule has 0 saturated heterocycles. The lowest BCUT2D eigenvalue weighted by atomic mass is 10.3. The molecule has 21 heavy (non-hydrogen) atoms. The molecule has 4 N–H and O–H groups in total. The minimum absolute atomic E-state index is 0.0321. The Labute approximate surface area is 124 Å². The minimum atomic E-state index is -3.69. The van der Waals surface area contributed by atoms with Crippen LogP contribution in [0.3, 0.4) is 0 Å². The minimum Gasteiger partial charge on any atom is -0.495 e. The molecule has 10 heteroatoms. The summed E-state index contributed by atoms with van der Waals surface area (Å²) >= 11 is 0. The van der Waals surface area contributed by atoms with Gasteiger partial charge in [0.1, 0.15) is 5.75 Å². The van der Waals surface area contributed by atoms with Crippen molar-refractivity contribution in [1.82, 2.24) is 9.44 Å². The highest BCUT2D eigenvalue weighted by atomic mass is 32.2. The Morgan fingerprint density at radius 2 is 1.76 bits per heavy atom. The summed E-state index contributed by atoms with van der Waals surface area (Å²) in [6, 6.07) is 4.14. The Morgan fingerprint density at radius 3 is 2.33 bits per heavy atom. The molecule has 8 nitrogen and oxygen atoms in total. The van der Waals surface area contributed by atoms with Crippen molar-refractivity contribution in [1.29, 1.82) is 0 Å². The van der Waals surface area contributed by atoms with Crippen LogP contribution in [-0.4, -0.2) is 43.3 Å². The number of nitrogen functional groups attached to an aromatic ring is 1. The van der Waals surface area contributed by atoms with E-state index >= 15 is 0 Å². The molecule has 0 aliphatic rings. The van der Waals surface area contributed by atoms with E-state index in [0.29, 0.717) is 12.1 Å². The molecule has 0 radical (unpaired) electrons. The molecule has 0 unspecified atom stereocenters. The summed E-state index contributed by atoms with van der Waals surface area (Å²) in [5, 5.41) is 0. The molecule has 0 aromatic heterocycles. The maximum Gasteiger partial charge on any atom is 0.240 e. The normalized spacial score (nSPS) is 12.3. The summed E-state index contributed by atoms with van der Waals surface area (Å²) < 4.78 is 55.3. The van der Waals surface area contributed by atoms with Gasteiger partial charge in [0.05, 0.1) is 23.9 Å². The Hall–Kier alpha value is -1.36. The number of hydrogen-bond acceptors (Lipinski definition) is 6. The predicted octanol–water partition coefficient (Wildman–Crippen LogP) is -0.505. The lowest BCUT2D eigenvalue weighted by molar-refractivity contribution is 0.415. The number of hydrogen-bond donors (Lipinski definition) is 3. The van der Waals surface area contributed by atoms with Crippen molar-refractivity contribution in [2.45, 2.75) is 11.3 Å². The maximum atomic E-state index is 12.0. The van der Waals surface area contributed by atoms with E-state index in [1.54, 1.807) is 0 Å². The largest absolute Gasteiger partial charge is 0.495 e. The number of sulfonamides is 2. The fourth-order valence-corrected chi connectivity index (χ4v) is 3.10. The summed E-state index contributed by atoms with van der Waals surface area (Å²) in [6.45, 7) is 0.268. The van der Waals surface area contributed by atoms with Crippen molar-refractivity contribution in [2.75, 3.05) is 32.2 Å². The molecule has 0 bridgehead atoms. The monoisotopic (exact) mass is 337 g/mol. The molecule has 0 atom stereocenters. The van der Waals surface area contributed by atoms with Gasteiger partial charge in [-0.15, -0.1) is 0 Å². The zero-order valence-corrected chi connectivity index (χ0v) is 13.4. The fraction of sp³-hybridized carbons (Fsp3) is 0.455. The molecule has 0 aliphatic carbocycles. The summed E-state index contributed by atoms with van der Waals surface area (Å²) in [7, 11) is -5.56. The third-order valence-corrected chi connectivity index (χ3v) is 4.71. The number of rotatable bonds is 8. The average molecular weight is 337 g/mol. The van der Waals surface area contributed by atoms with Crippen molar-refractivity contribution in [3.63, 3.8) is 0 Å². The number of nitrogens with two attached hydrogens (primary N) is 1. The molecular formula is C11H19N3O5S2. The zero-order valence-electron chi connectivity index (χ0n) is 11.8. The summed E-state index contributed by atoms with van der Waals surface area (Å²) in [5.41, 5.74) is 5.96. The van der Waals surface area contributed by atoms with Crippen LogP contribution in [0.2, 0.25) is 0 Å². The van der Waals surface area contributed by atoms with E-state index in [1.165, 1.54) is 25.3 Å². The fourth-order valence-electron chi connectivity index (χ4n) is 1.49. The molecule has 1 rings (SSSR count). The molecule has 120 valence electrons. The van der Waals surface area contributed by atoms with E-state index in [2.05, 4.69) is 9.44 Å². The average Bonchev–Trinajstić information content (AvgIpc) is 2.37. The van der Waals surface area contributed by atoms with Gasteiger partial charge < -0.3 is 10.5 Å². The molecule has 0 fully saturated rings. The first-order valence-corrected chi connectivity index (χ1v) is 9.41. The van der Waals surface area contributed by atoms with Crippen LogP contribution in [0.1, 0.15) is 6.42 Å². The van der Waals surface area contributed by atoms with Crippen molar-refractivity contribution >= 4 is 25.7 Å². The van der Waals surface area contributed by atoms with Gasteiger partial charge in [-0.05, 0) is 18.6 Å². The highest BCUT2D eigenvalue weighted by Gasteiger charge is 2.15. The Kier molecular flexibility index (Phi) is 5.96. The first kappa shape index (κ1) is 17.7. The van der Waals surface area contributed by atoms with Crippen LogP contribution in [0.25, 0.3) is 0 Å². The second-order valence-corrected chi connectivity index (χ2v) is 7.92. The number of benzene rings is 1. The third kappa shape index (κ3) is 5.87. The van der Waals surface area contributed by atoms with E-state index < -0.39 is 20.0 Å². The van der Waals surface area contributed by atoms with Gasteiger partial charge in [-0.25, -0.2) is 26.3 Å². The Morgan fingerprint density at radius 1 is 1.14 bits per heavy atom. The van der Waals surface area contributed by atoms with E-state index in [0.717, 1.165) is 6.26 Å². The van der Waals surface area contributed by atoms with Gasteiger partial charge in [0.2, 0.25) is 20.0 Å². The van der Waals surface area contributed by atoms with E-state index in [9.17, 15) is 16.8 Å². The van der Waals surface area contributed by atoms with Crippen molar-refractivity contribution in [3.8, 4) is 5.75 Å². The molecule has 0 aliphatic heterocycles. The van der Waals surface area contributed by atoms with Crippen LogP contribution in [-0.2, 0) is 20.0 Å². The molecule has 1 aromatic rings. The van der Waals surface area contributed by atoms with E-state index in [4.69, 9.17) is 10.5 Å². The van der Waals surface area contributed by atoms with Crippen LogP contribution in [0.4, 0.5) is 5.69 Å². The van der Waals surface area contributed by atoms with Crippen LogP contribution in [0.5, 0.6) is 5.75 Å². The highest BCUT2D eigenvalue weighted by molar-refractivity contribution is 7.89. The smallest absolute Gasteiger partial charge is 0.240 e. The summed E-state index contributed by atoms with van der Waals surface area (Å²) in [4.78, 5) is 0.0321. The van der Waals surface area contributed by atoms with Crippen molar-refractivity contribution < 1.29 is 21.6 Å². The zero-order chi connectivity index (χ0) is 16.1. The van der Waals surface area contributed by atoms with Gasteiger partial charge in [-0.1, -0.05) is 0 Å². The topological polar surface area (TPSA) is 128 Å². The van der Waals surface area contributed by atoms with Gasteiger partial charge in [-0.3, -0.25) is 0 Å². The second kappa shape index (κ2) is 7.07. The molecule has 1 aromatic carbocycles. The van der Waals surface area contributed by atoms with Gasteiger partial charge >= 0.3 is 0 Å². The Bertz CT molecular complexity index is 686. The summed E-state index contributed by atoms with van der Waals surface area (Å²) in [5.74, 6) is 0.275. The number of nitrogens with one attached hydrogen (secondary N) is 2. The Balaban J connectivity index is 2.62. The number of methoxy groups -OCH3 is 1. The molecule has 0 spiro atoms. The number of anilines is 1. The van der Waals surface area contributed by atoms with Gasteiger partial charge in [0, 0.05) is 19.2 Å². The second-order valence-electron chi connectivity index (χ2n) is 4.32. The van der Waals surface area contributed by atoms with Crippen LogP contribution in [0, 0.1) is 0 Å². The number of ether oxygens (including phenoxy) is 1. The van der Waals surface area contributed by atoms with Gasteiger partial charge in [0.15, 0.2) is 0 Å². The van der Waals surface area contributed by atoms with E-state index in [1.807, 2.05) is 0 Å². The first-order chi connectivity index (χ1) is 9.65. The quantitative estimate of drug-likeness (QED) is 0.433. The third-order valence-electron chi connectivity index (χ3n) is 2.53.